The van der Waals surface area contributed by atoms with Gasteiger partial charge in [-0.25, -0.2) is 0 Å². The van der Waals surface area contributed by atoms with Crippen LogP contribution >= 0.6 is 0 Å². The molecule has 0 aliphatic carbocycles. The first-order valence-electron chi connectivity index (χ1n) is 9.44. The van der Waals surface area contributed by atoms with Gasteiger partial charge in [-0.1, -0.05) is 44.2 Å². The van der Waals surface area contributed by atoms with Gasteiger partial charge < -0.3 is 20.7 Å². The highest BCUT2D eigenvalue weighted by Crippen LogP contribution is 2.14. The average molecular weight is 361 g/mol. The van der Waals surface area contributed by atoms with Gasteiger partial charge in [0, 0.05) is 13.1 Å². The van der Waals surface area contributed by atoms with E-state index in [1.165, 1.54) is 5.56 Å². The Kier molecular flexibility index (Phi) is 8.06. The Labute approximate surface area is 156 Å². The van der Waals surface area contributed by atoms with E-state index in [-0.39, 0.29) is 30.4 Å². The van der Waals surface area contributed by atoms with Crippen molar-refractivity contribution in [2.24, 2.45) is 11.7 Å². The quantitative estimate of drug-likeness (QED) is 0.732. The molecule has 6 heteroatoms. The highest BCUT2D eigenvalue weighted by molar-refractivity contribution is 5.87. The molecule has 1 atom stereocenters. The molecule has 1 aromatic carbocycles. The number of rotatable bonds is 8. The lowest BCUT2D eigenvalue weighted by molar-refractivity contribution is -0.135. The third-order valence-corrected chi connectivity index (χ3v) is 4.82. The molecule has 3 N–H and O–H groups in total. The summed E-state index contributed by atoms with van der Waals surface area (Å²) in [4.78, 5) is 25.9. The fraction of sp³-hybridized carbons (Fsp3) is 0.600. The molecule has 0 radical (unpaired) electrons. The minimum Gasteiger partial charge on any atom is -0.378 e. The molecule has 1 saturated heterocycles. The first-order chi connectivity index (χ1) is 12.5. The van der Waals surface area contributed by atoms with Crippen molar-refractivity contribution >= 4 is 11.8 Å². The molecule has 0 spiro atoms. The van der Waals surface area contributed by atoms with Crippen molar-refractivity contribution in [2.75, 3.05) is 26.2 Å². The SMILES string of the molecule is CC(C)[C@H](N)C(=O)NCC(=O)N1CCC(OCCc2ccccc2)CC1. The predicted molar refractivity (Wildman–Crippen MR) is 102 cm³/mol. The molecule has 1 fully saturated rings. The van der Waals surface area contributed by atoms with Crippen molar-refractivity contribution in [3.8, 4) is 0 Å². The van der Waals surface area contributed by atoms with Crippen molar-refractivity contribution in [3.63, 3.8) is 0 Å². The second-order valence-corrected chi connectivity index (χ2v) is 7.17. The number of ether oxygens (including phenoxy) is 1. The van der Waals surface area contributed by atoms with Crippen LogP contribution in [0.15, 0.2) is 30.3 Å². The van der Waals surface area contributed by atoms with Crippen LogP contribution < -0.4 is 11.1 Å². The molecule has 6 nitrogen and oxygen atoms in total. The second kappa shape index (κ2) is 10.3. The molecule has 0 bridgehead atoms. The maximum absolute atomic E-state index is 12.2. The van der Waals surface area contributed by atoms with Gasteiger partial charge in [0.2, 0.25) is 11.8 Å². The first kappa shape index (κ1) is 20.4. The fourth-order valence-electron chi connectivity index (χ4n) is 2.96. The Balaban J connectivity index is 1.63. The van der Waals surface area contributed by atoms with Crippen LogP contribution in [0, 0.1) is 5.92 Å². The summed E-state index contributed by atoms with van der Waals surface area (Å²) in [6.07, 6.45) is 2.77. The molecule has 144 valence electrons. The summed E-state index contributed by atoms with van der Waals surface area (Å²) < 4.78 is 5.95. The predicted octanol–water partition coefficient (Wildman–Crippen LogP) is 1.34. The van der Waals surface area contributed by atoms with Gasteiger partial charge >= 0.3 is 0 Å². The smallest absolute Gasteiger partial charge is 0.241 e. The number of likely N-dealkylation sites (tertiary alicyclic amines) is 1. The van der Waals surface area contributed by atoms with E-state index in [0.717, 1.165) is 19.3 Å². The number of nitrogens with zero attached hydrogens (tertiary/aromatic N) is 1. The van der Waals surface area contributed by atoms with Gasteiger partial charge in [-0.15, -0.1) is 0 Å². The Morgan fingerprint density at radius 2 is 1.88 bits per heavy atom. The number of nitrogens with two attached hydrogens (primary N) is 1. The van der Waals surface area contributed by atoms with Crippen molar-refractivity contribution < 1.29 is 14.3 Å². The van der Waals surface area contributed by atoms with Gasteiger partial charge in [0.1, 0.15) is 0 Å². The Morgan fingerprint density at radius 1 is 1.23 bits per heavy atom. The lowest BCUT2D eigenvalue weighted by Gasteiger charge is -2.32. The number of amides is 2. The van der Waals surface area contributed by atoms with Crippen LogP contribution in [-0.4, -0.2) is 55.1 Å². The van der Waals surface area contributed by atoms with Crippen LogP contribution in [-0.2, 0) is 20.7 Å². The molecule has 2 amide bonds. The van der Waals surface area contributed by atoms with Crippen molar-refractivity contribution in [1.82, 2.24) is 10.2 Å². The van der Waals surface area contributed by atoms with Gasteiger partial charge in [-0.3, -0.25) is 9.59 Å². The standard InChI is InChI=1S/C20H31N3O3/c1-15(2)19(21)20(25)22-14-18(24)23-11-8-17(9-12-23)26-13-10-16-6-4-3-5-7-16/h3-7,15,17,19H,8-14,21H2,1-2H3,(H,22,25)/t19-/m0/s1. The second-order valence-electron chi connectivity index (χ2n) is 7.17. The number of nitrogens with one attached hydrogen (secondary N) is 1. The van der Waals surface area contributed by atoms with Crippen LogP contribution in [0.25, 0.3) is 0 Å². The van der Waals surface area contributed by atoms with E-state index in [9.17, 15) is 9.59 Å². The summed E-state index contributed by atoms with van der Waals surface area (Å²) in [6, 6.07) is 9.70. The van der Waals surface area contributed by atoms with E-state index in [1.807, 2.05) is 32.0 Å². The molecule has 0 aromatic heterocycles. The van der Waals surface area contributed by atoms with E-state index >= 15 is 0 Å². The van der Waals surface area contributed by atoms with Gasteiger partial charge in [0.05, 0.1) is 25.3 Å². The summed E-state index contributed by atoms with van der Waals surface area (Å²) in [5, 5.41) is 2.64. The third-order valence-electron chi connectivity index (χ3n) is 4.82. The van der Waals surface area contributed by atoms with Gasteiger partial charge in [0.25, 0.3) is 0 Å². The van der Waals surface area contributed by atoms with Crippen LogP contribution in [0.2, 0.25) is 0 Å². The minimum atomic E-state index is -0.577. The Bertz CT molecular complexity index is 569. The normalized spacial score (nSPS) is 16.5. The summed E-state index contributed by atoms with van der Waals surface area (Å²) in [5.41, 5.74) is 7.05. The van der Waals surface area contributed by atoms with Crippen LogP contribution in [0.1, 0.15) is 32.3 Å². The lowest BCUT2D eigenvalue weighted by Crippen LogP contribution is -2.49. The van der Waals surface area contributed by atoms with E-state index in [4.69, 9.17) is 10.5 Å². The molecule has 1 aliphatic heterocycles. The molecular formula is C20H31N3O3. The zero-order valence-electron chi connectivity index (χ0n) is 15.8. The van der Waals surface area contributed by atoms with E-state index < -0.39 is 6.04 Å². The molecule has 0 saturated carbocycles. The summed E-state index contributed by atoms with van der Waals surface area (Å²) >= 11 is 0. The molecule has 2 rings (SSSR count). The topological polar surface area (TPSA) is 84.7 Å². The molecule has 26 heavy (non-hydrogen) atoms. The number of hydrogen-bond donors (Lipinski definition) is 2. The lowest BCUT2D eigenvalue weighted by atomic mass is 10.1. The maximum atomic E-state index is 12.2. The number of piperidine rings is 1. The highest BCUT2D eigenvalue weighted by Gasteiger charge is 2.24. The van der Waals surface area contributed by atoms with Crippen molar-refractivity contribution in [2.45, 2.75) is 45.3 Å². The fourth-order valence-corrected chi connectivity index (χ4v) is 2.96. The first-order valence-corrected chi connectivity index (χ1v) is 9.44. The molecule has 1 aromatic rings. The molecule has 0 unspecified atom stereocenters. The highest BCUT2D eigenvalue weighted by atomic mass is 16.5. The summed E-state index contributed by atoms with van der Waals surface area (Å²) in [6.45, 7) is 5.82. The maximum Gasteiger partial charge on any atom is 0.241 e. The van der Waals surface area contributed by atoms with Crippen LogP contribution in [0.4, 0.5) is 0 Å². The third kappa shape index (κ3) is 6.42. The largest absolute Gasteiger partial charge is 0.378 e. The van der Waals surface area contributed by atoms with Crippen LogP contribution in [0.5, 0.6) is 0 Å². The van der Waals surface area contributed by atoms with Gasteiger partial charge in [-0.2, -0.15) is 0 Å². The molecule has 1 heterocycles. The Hall–Kier alpha value is -1.92. The molecule has 1 aliphatic rings. The van der Waals surface area contributed by atoms with E-state index in [1.54, 1.807) is 4.90 Å². The zero-order valence-corrected chi connectivity index (χ0v) is 15.8. The van der Waals surface area contributed by atoms with E-state index in [0.29, 0.717) is 19.7 Å². The zero-order chi connectivity index (χ0) is 18.9. The number of benzene rings is 1. The number of carbonyl (C=O) groups is 2. The van der Waals surface area contributed by atoms with Crippen LogP contribution in [0.3, 0.4) is 0 Å². The number of carbonyl (C=O) groups excluding carboxylic acids is 2. The van der Waals surface area contributed by atoms with E-state index in [2.05, 4.69) is 17.4 Å². The van der Waals surface area contributed by atoms with Gasteiger partial charge in [-0.05, 0) is 30.7 Å². The summed E-state index contributed by atoms with van der Waals surface area (Å²) in [5.74, 6) is -0.279. The van der Waals surface area contributed by atoms with Crippen molar-refractivity contribution in [1.29, 1.82) is 0 Å². The number of hydrogen-bond acceptors (Lipinski definition) is 4. The molecular weight excluding hydrogens is 330 g/mol. The van der Waals surface area contributed by atoms with Crippen molar-refractivity contribution in [3.05, 3.63) is 35.9 Å². The average Bonchev–Trinajstić information content (AvgIpc) is 2.66. The Morgan fingerprint density at radius 3 is 2.50 bits per heavy atom. The van der Waals surface area contributed by atoms with Gasteiger partial charge in [0.15, 0.2) is 0 Å². The minimum absolute atomic E-state index is 0.0127. The monoisotopic (exact) mass is 361 g/mol. The summed E-state index contributed by atoms with van der Waals surface area (Å²) in [7, 11) is 0.